The van der Waals surface area contributed by atoms with Crippen LogP contribution in [-0.4, -0.2) is 59.0 Å². The maximum absolute atomic E-state index is 14.2. The predicted octanol–water partition coefficient (Wildman–Crippen LogP) is 5.17. The summed E-state index contributed by atoms with van der Waals surface area (Å²) in [5.74, 6) is 0.0220. The number of carbonyl (C=O) groups is 2. The first kappa shape index (κ1) is 33.5. The SMILES string of the molecule is CC1(C)[C@@H](O)CC[C@]2(C)[C@H]3C(=O)C=C4[C@H]5C[C@@](C)(C(=O)O)CC[C@]5(C)CC[C@@]4(C)[C@]3(C)CC[C@@H]12.CN(C)C(=N)N=C(N)N. The first-order valence-corrected chi connectivity index (χ1v) is 16.1. The highest BCUT2D eigenvalue weighted by Crippen LogP contribution is 2.75. The number of ketones is 1. The lowest BCUT2D eigenvalue weighted by molar-refractivity contribution is -0.202. The number of carboxylic acids is 1. The highest BCUT2D eigenvalue weighted by molar-refractivity contribution is 5.96. The number of aliphatic hydroxyl groups excluding tert-OH is 1. The highest BCUT2D eigenvalue weighted by Gasteiger charge is 2.70. The smallest absolute Gasteiger partial charge is 0.309 e. The summed E-state index contributed by atoms with van der Waals surface area (Å²) in [6.07, 6.45) is 9.95. The molecule has 0 bridgehead atoms. The fraction of sp³-hybridized carbons (Fsp3) is 0.824. The molecule has 0 amide bonds. The lowest BCUT2D eigenvalue weighted by Crippen LogP contribution is -2.66. The second-order valence-corrected chi connectivity index (χ2v) is 16.7. The maximum atomic E-state index is 14.2. The van der Waals surface area contributed by atoms with Crippen LogP contribution in [0.25, 0.3) is 0 Å². The summed E-state index contributed by atoms with van der Waals surface area (Å²) in [4.78, 5) is 31.4. The number of fused-ring (bicyclic) bond motifs is 7. The van der Waals surface area contributed by atoms with Crippen molar-refractivity contribution in [2.75, 3.05) is 14.1 Å². The number of rotatable bonds is 1. The summed E-state index contributed by atoms with van der Waals surface area (Å²) >= 11 is 0. The Morgan fingerprint density at radius 2 is 1.58 bits per heavy atom. The van der Waals surface area contributed by atoms with E-state index in [4.69, 9.17) is 16.9 Å². The molecule has 4 saturated carbocycles. The molecule has 0 aromatic carbocycles. The normalized spacial score (nSPS) is 44.5. The molecule has 0 heterocycles. The van der Waals surface area contributed by atoms with Gasteiger partial charge in [0.2, 0.25) is 5.96 Å². The van der Waals surface area contributed by atoms with Crippen LogP contribution in [0.15, 0.2) is 16.6 Å². The molecule has 242 valence electrons. The summed E-state index contributed by atoms with van der Waals surface area (Å²) in [6.45, 7) is 15.8. The van der Waals surface area contributed by atoms with E-state index in [9.17, 15) is 19.8 Å². The summed E-state index contributed by atoms with van der Waals surface area (Å²) in [5, 5.41) is 28.0. The van der Waals surface area contributed by atoms with Crippen molar-refractivity contribution in [2.24, 2.45) is 66.7 Å². The third-order valence-corrected chi connectivity index (χ3v) is 13.7. The van der Waals surface area contributed by atoms with Gasteiger partial charge in [-0.05, 0) is 110 Å². The summed E-state index contributed by atoms with van der Waals surface area (Å²) < 4.78 is 0. The van der Waals surface area contributed by atoms with E-state index in [1.165, 1.54) is 10.5 Å². The maximum Gasteiger partial charge on any atom is 0.309 e. The minimum Gasteiger partial charge on any atom is -0.481 e. The van der Waals surface area contributed by atoms with Crippen molar-refractivity contribution in [1.29, 1.82) is 5.41 Å². The van der Waals surface area contributed by atoms with E-state index < -0.39 is 11.4 Å². The molecule has 7 N–H and O–H groups in total. The van der Waals surface area contributed by atoms with Gasteiger partial charge in [0.15, 0.2) is 11.7 Å². The summed E-state index contributed by atoms with van der Waals surface area (Å²) in [5.41, 5.74) is 10.1. The Morgan fingerprint density at radius 1 is 0.977 bits per heavy atom. The van der Waals surface area contributed by atoms with Gasteiger partial charge in [0.05, 0.1) is 11.5 Å². The molecular formula is C34H57N5O4. The van der Waals surface area contributed by atoms with Crippen LogP contribution >= 0.6 is 0 Å². The molecule has 5 aliphatic rings. The number of nitrogens with one attached hydrogen (secondary N) is 1. The molecule has 43 heavy (non-hydrogen) atoms. The first-order valence-electron chi connectivity index (χ1n) is 16.1. The molecule has 0 unspecified atom stereocenters. The van der Waals surface area contributed by atoms with Gasteiger partial charge >= 0.3 is 5.97 Å². The minimum atomic E-state index is -0.711. The monoisotopic (exact) mass is 599 g/mol. The molecule has 9 nitrogen and oxygen atoms in total. The number of guanidine groups is 2. The average Bonchev–Trinajstić information content (AvgIpc) is 2.88. The Kier molecular flexibility index (Phi) is 8.24. The third-order valence-electron chi connectivity index (χ3n) is 13.7. The number of nitrogens with two attached hydrogens (primary N) is 2. The molecule has 0 aromatic rings. The first-order chi connectivity index (χ1) is 19.6. The van der Waals surface area contributed by atoms with Crippen LogP contribution < -0.4 is 11.5 Å². The topological polar surface area (TPSA) is 166 Å². The van der Waals surface area contributed by atoms with Crippen LogP contribution in [0.5, 0.6) is 0 Å². The number of nitrogens with zero attached hydrogens (tertiary/aromatic N) is 2. The van der Waals surface area contributed by atoms with Crippen molar-refractivity contribution in [3.63, 3.8) is 0 Å². The Hall–Kier alpha value is -2.42. The van der Waals surface area contributed by atoms with Crippen LogP contribution in [0.3, 0.4) is 0 Å². The number of carbonyl (C=O) groups excluding carboxylic acids is 1. The number of hydrogen-bond acceptors (Lipinski definition) is 4. The average molecular weight is 600 g/mol. The van der Waals surface area contributed by atoms with E-state index in [2.05, 4.69) is 46.5 Å². The Morgan fingerprint density at radius 3 is 2.12 bits per heavy atom. The van der Waals surface area contributed by atoms with E-state index in [1.807, 2.05) is 13.0 Å². The van der Waals surface area contributed by atoms with Crippen LogP contribution in [0.1, 0.15) is 106 Å². The lowest BCUT2D eigenvalue weighted by Gasteiger charge is -2.70. The number of aliphatic hydroxyl groups is 1. The van der Waals surface area contributed by atoms with E-state index in [-0.39, 0.29) is 62.7 Å². The third kappa shape index (κ3) is 5.01. The van der Waals surface area contributed by atoms with Crippen molar-refractivity contribution < 1.29 is 19.8 Å². The quantitative estimate of drug-likeness (QED) is 0.205. The zero-order valence-corrected chi connectivity index (χ0v) is 28.0. The van der Waals surface area contributed by atoms with Crippen LogP contribution in [0, 0.1) is 55.7 Å². The number of hydrogen-bond donors (Lipinski definition) is 5. The molecule has 4 fully saturated rings. The van der Waals surface area contributed by atoms with E-state index in [0.29, 0.717) is 12.3 Å². The van der Waals surface area contributed by atoms with Crippen LogP contribution in [-0.2, 0) is 9.59 Å². The standard InChI is InChI=1S/C30H46O4.C4H11N5/c1-25(2)21-8-11-30(7)23(28(21,5)10-9-22(25)32)20(31)16-18-19-17-27(4,24(33)34)13-12-26(19,3)14-15-29(18,30)6;1-9(2)4(7)8-3(5)6/h16,19,21-23,32H,8-15,17H2,1-7H3,(H,33,34);1-2H3,(H5,5,6,7,8)/t19-,21+,22+,23-,26-,27+,28+,29-,30-;/m1./s1. The van der Waals surface area contributed by atoms with Crippen molar-refractivity contribution in [3.05, 3.63) is 11.6 Å². The number of carboxylic acid groups (broad SMARTS) is 1. The molecule has 9 atom stereocenters. The van der Waals surface area contributed by atoms with E-state index in [0.717, 1.165) is 51.4 Å². The number of aliphatic imine (C=N–C) groups is 1. The second kappa shape index (κ2) is 10.6. The number of allylic oxidation sites excluding steroid dienone is 2. The Labute approximate surface area is 258 Å². The second-order valence-electron chi connectivity index (χ2n) is 16.7. The van der Waals surface area contributed by atoms with E-state index in [1.54, 1.807) is 14.1 Å². The van der Waals surface area contributed by atoms with Crippen molar-refractivity contribution in [3.8, 4) is 0 Å². The summed E-state index contributed by atoms with van der Waals surface area (Å²) in [7, 11) is 3.38. The molecule has 0 aliphatic heterocycles. The lowest BCUT2D eigenvalue weighted by atomic mass is 9.33. The Balaban J connectivity index is 0.000000410. The zero-order chi connectivity index (χ0) is 32.6. The molecule has 0 spiro atoms. The summed E-state index contributed by atoms with van der Waals surface area (Å²) in [6, 6.07) is 0. The largest absolute Gasteiger partial charge is 0.481 e. The fourth-order valence-electron chi connectivity index (χ4n) is 10.6. The molecular weight excluding hydrogens is 542 g/mol. The molecule has 0 radical (unpaired) electrons. The van der Waals surface area contributed by atoms with Gasteiger partial charge < -0.3 is 26.6 Å². The van der Waals surface area contributed by atoms with Crippen molar-refractivity contribution >= 4 is 23.7 Å². The zero-order valence-electron chi connectivity index (χ0n) is 28.0. The van der Waals surface area contributed by atoms with Crippen molar-refractivity contribution in [1.82, 2.24) is 4.90 Å². The van der Waals surface area contributed by atoms with Crippen LogP contribution in [0.2, 0.25) is 0 Å². The Bertz CT molecular complexity index is 1240. The fourth-order valence-corrected chi connectivity index (χ4v) is 10.6. The van der Waals surface area contributed by atoms with Gasteiger partial charge in [-0.15, -0.1) is 0 Å². The molecule has 0 aromatic heterocycles. The van der Waals surface area contributed by atoms with Gasteiger partial charge in [-0.25, -0.2) is 0 Å². The van der Waals surface area contributed by atoms with Gasteiger partial charge in [0, 0.05) is 20.0 Å². The molecule has 9 heteroatoms. The van der Waals surface area contributed by atoms with E-state index >= 15 is 0 Å². The van der Waals surface area contributed by atoms with Gasteiger partial charge in [-0.1, -0.05) is 47.1 Å². The minimum absolute atomic E-state index is 0.0296. The van der Waals surface area contributed by atoms with Crippen molar-refractivity contribution in [2.45, 2.75) is 112 Å². The van der Waals surface area contributed by atoms with Gasteiger partial charge in [0.25, 0.3) is 0 Å². The van der Waals surface area contributed by atoms with Crippen LogP contribution in [0.4, 0.5) is 0 Å². The van der Waals surface area contributed by atoms with Gasteiger partial charge in [0.1, 0.15) is 0 Å². The molecule has 5 rings (SSSR count). The van der Waals surface area contributed by atoms with Gasteiger partial charge in [-0.3, -0.25) is 15.0 Å². The number of aliphatic carboxylic acids is 1. The highest BCUT2D eigenvalue weighted by atomic mass is 16.4. The molecule has 5 aliphatic carbocycles. The predicted molar refractivity (Wildman–Crippen MR) is 170 cm³/mol. The molecule has 0 saturated heterocycles. The van der Waals surface area contributed by atoms with Gasteiger partial charge in [-0.2, -0.15) is 4.99 Å².